The second-order valence-electron chi connectivity index (χ2n) is 4.13. The molecule has 2 amide bonds. The van der Waals surface area contributed by atoms with Gasteiger partial charge in [-0.1, -0.05) is 18.9 Å². The van der Waals surface area contributed by atoms with Crippen molar-refractivity contribution in [1.82, 2.24) is 15.5 Å². The Morgan fingerprint density at radius 1 is 1.30 bits per heavy atom. The minimum Gasteiger partial charge on any atom is -0.444 e. The lowest BCUT2D eigenvalue weighted by Gasteiger charge is -2.13. The number of urea groups is 1. The molecular weight excluding hydrogens is 328 g/mol. The molecule has 0 saturated heterocycles. The van der Waals surface area contributed by atoms with Crippen molar-refractivity contribution in [3.63, 3.8) is 0 Å². The smallest absolute Gasteiger partial charge is 0.324 e. The van der Waals surface area contributed by atoms with Crippen molar-refractivity contribution >= 4 is 28.0 Å². The molecule has 108 valence electrons. The molecule has 0 radical (unpaired) electrons. The zero-order chi connectivity index (χ0) is 14.5. The molecule has 0 aromatic carbocycles. The number of anilines is 1. The Kier molecular flexibility index (Phi) is 4.78. The number of amides is 2. The second kappa shape index (κ2) is 6.56. The first kappa shape index (κ1) is 14.6. The Hall–Kier alpha value is -1.83. The van der Waals surface area contributed by atoms with Crippen LogP contribution >= 0.6 is 15.9 Å². The van der Waals surface area contributed by atoms with E-state index in [0.717, 1.165) is 12.8 Å². The standard InChI is InChI=1S/C12H15BrN4O3/c1-3-7(4-2)14-11(18)15-12-17-16-10(20-12)8-5-6-9(13)19-8/h5-7H,3-4H2,1-2H3,(H2,14,15,17,18). The van der Waals surface area contributed by atoms with Crippen LogP contribution in [0.1, 0.15) is 26.7 Å². The maximum Gasteiger partial charge on any atom is 0.324 e. The zero-order valence-corrected chi connectivity index (χ0v) is 12.7. The molecular formula is C12H15BrN4O3. The van der Waals surface area contributed by atoms with Crippen LogP contribution in [0.5, 0.6) is 0 Å². The number of furan rings is 1. The molecule has 20 heavy (non-hydrogen) atoms. The average Bonchev–Trinajstić information content (AvgIpc) is 3.05. The van der Waals surface area contributed by atoms with Crippen LogP contribution in [0.15, 0.2) is 25.6 Å². The van der Waals surface area contributed by atoms with Gasteiger partial charge in [0.1, 0.15) is 0 Å². The molecule has 0 spiro atoms. The molecule has 7 nitrogen and oxygen atoms in total. The third-order valence-electron chi connectivity index (χ3n) is 2.75. The highest BCUT2D eigenvalue weighted by Crippen LogP contribution is 2.24. The van der Waals surface area contributed by atoms with E-state index in [9.17, 15) is 4.79 Å². The third kappa shape index (κ3) is 3.60. The van der Waals surface area contributed by atoms with E-state index >= 15 is 0 Å². The van der Waals surface area contributed by atoms with Gasteiger partial charge in [-0.15, -0.1) is 5.10 Å². The first-order valence-electron chi connectivity index (χ1n) is 6.29. The molecule has 2 N–H and O–H groups in total. The van der Waals surface area contributed by atoms with Crippen LogP contribution in [0, 0.1) is 0 Å². The summed E-state index contributed by atoms with van der Waals surface area (Å²) < 4.78 is 11.1. The summed E-state index contributed by atoms with van der Waals surface area (Å²) >= 11 is 3.18. The number of halogens is 1. The molecule has 0 atom stereocenters. The monoisotopic (exact) mass is 342 g/mol. The van der Waals surface area contributed by atoms with Crippen molar-refractivity contribution in [2.75, 3.05) is 5.32 Å². The molecule has 0 aliphatic rings. The summed E-state index contributed by atoms with van der Waals surface area (Å²) in [6.45, 7) is 4.02. The van der Waals surface area contributed by atoms with Crippen LogP contribution in [0.2, 0.25) is 0 Å². The lowest BCUT2D eigenvalue weighted by atomic mass is 10.2. The number of hydrogen-bond donors (Lipinski definition) is 2. The van der Waals surface area contributed by atoms with E-state index in [1.165, 1.54) is 0 Å². The van der Waals surface area contributed by atoms with Crippen LogP contribution < -0.4 is 10.6 Å². The summed E-state index contributed by atoms with van der Waals surface area (Å²) in [5, 5.41) is 12.8. The fourth-order valence-electron chi connectivity index (χ4n) is 1.61. The Morgan fingerprint density at radius 3 is 2.65 bits per heavy atom. The molecule has 0 saturated carbocycles. The van der Waals surface area contributed by atoms with Crippen molar-refractivity contribution in [3.05, 3.63) is 16.8 Å². The summed E-state index contributed by atoms with van der Waals surface area (Å²) in [7, 11) is 0. The van der Waals surface area contributed by atoms with Crippen molar-refractivity contribution in [2.24, 2.45) is 0 Å². The number of rotatable bonds is 5. The first-order chi connectivity index (χ1) is 9.62. The number of carbonyl (C=O) groups is 1. The van der Waals surface area contributed by atoms with Crippen molar-refractivity contribution in [2.45, 2.75) is 32.7 Å². The second-order valence-corrected chi connectivity index (χ2v) is 4.91. The van der Waals surface area contributed by atoms with Gasteiger partial charge in [-0.2, -0.15) is 0 Å². The summed E-state index contributed by atoms with van der Waals surface area (Å²) in [5.41, 5.74) is 0. The Morgan fingerprint density at radius 2 is 2.05 bits per heavy atom. The number of aromatic nitrogens is 2. The van der Waals surface area contributed by atoms with E-state index in [4.69, 9.17) is 8.83 Å². The number of nitrogens with zero attached hydrogens (tertiary/aromatic N) is 2. The summed E-state index contributed by atoms with van der Waals surface area (Å²) in [4.78, 5) is 11.7. The lowest BCUT2D eigenvalue weighted by molar-refractivity contribution is 0.247. The van der Waals surface area contributed by atoms with Gasteiger partial charge in [-0.3, -0.25) is 5.32 Å². The van der Waals surface area contributed by atoms with Crippen molar-refractivity contribution in [1.29, 1.82) is 0 Å². The van der Waals surface area contributed by atoms with Crippen LogP contribution in [-0.2, 0) is 0 Å². The topological polar surface area (TPSA) is 93.2 Å². The van der Waals surface area contributed by atoms with Gasteiger partial charge in [0.25, 0.3) is 5.89 Å². The predicted octanol–water partition coefficient (Wildman–Crippen LogP) is 3.40. The van der Waals surface area contributed by atoms with E-state index in [-0.39, 0.29) is 24.0 Å². The molecule has 0 aliphatic heterocycles. The van der Waals surface area contributed by atoms with E-state index in [2.05, 4.69) is 36.8 Å². The number of nitrogens with one attached hydrogen (secondary N) is 2. The van der Waals surface area contributed by atoms with Gasteiger partial charge in [-0.25, -0.2) is 4.79 Å². The van der Waals surface area contributed by atoms with Gasteiger partial charge in [0, 0.05) is 6.04 Å². The highest BCUT2D eigenvalue weighted by molar-refractivity contribution is 9.10. The van der Waals surface area contributed by atoms with Crippen molar-refractivity contribution < 1.29 is 13.6 Å². The van der Waals surface area contributed by atoms with E-state index in [1.807, 2.05) is 13.8 Å². The lowest BCUT2D eigenvalue weighted by Crippen LogP contribution is -2.37. The molecule has 2 rings (SSSR count). The summed E-state index contributed by atoms with van der Waals surface area (Å²) in [5.74, 6) is 0.631. The largest absolute Gasteiger partial charge is 0.444 e. The minimum atomic E-state index is -0.366. The molecule has 0 unspecified atom stereocenters. The fraction of sp³-hybridized carbons (Fsp3) is 0.417. The predicted molar refractivity (Wildman–Crippen MR) is 76.2 cm³/mol. The Labute approximate surface area is 124 Å². The van der Waals surface area contributed by atoms with Crippen LogP contribution in [0.25, 0.3) is 11.7 Å². The van der Waals surface area contributed by atoms with Gasteiger partial charge < -0.3 is 14.2 Å². The first-order valence-corrected chi connectivity index (χ1v) is 7.08. The quantitative estimate of drug-likeness (QED) is 0.868. The maximum atomic E-state index is 11.7. The van der Waals surface area contributed by atoms with E-state index in [1.54, 1.807) is 12.1 Å². The molecule has 0 aliphatic carbocycles. The molecule has 2 heterocycles. The van der Waals surface area contributed by atoms with Crippen LogP contribution in [-0.4, -0.2) is 22.3 Å². The molecule has 8 heteroatoms. The minimum absolute atomic E-state index is 0.0241. The normalized spacial score (nSPS) is 10.8. The average molecular weight is 343 g/mol. The van der Waals surface area contributed by atoms with Gasteiger partial charge in [0.2, 0.25) is 0 Å². The molecule has 2 aromatic heterocycles. The maximum absolute atomic E-state index is 11.7. The van der Waals surface area contributed by atoms with Gasteiger partial charge >= 0.3 is 12.0 Å². The fourth-order valence-corrected chi connectivity index (χ4v) is 1.92. The highest BCUT2D eigenvalue weighted by Gasteiger charge is 2.15. The summed E-state index contributed by atoms with van der Waals surface area (Å²) in [6, 6.07) is 3.18. The van der Waals surface area contributed by atoms with Crippen molar-refractivity contribution in [3.8, 4) is 11.7 Å². The van der Waals surface area contributed by atoms with Crippen LogP contribution in [0.3, 0.4) is 0 Å². The highest BCUT2D eigenvalue weighted by atomic mass is 79.9. The number of carbonyl (C=O) groups excluding carboxylic acids is 1. The van der Waals surface area contributed by atoms with Crippen LogP contribution in [0.4, 0.5) is 10.8 Å². The zero-order valence-electron chi connectivity index (χ0n) is 11.1. The SMILES string of the molecule is CCC(CC)NC(=O)Nc1nnc(-c2ccc(Br)o2)o1. The Bertz CT molecular complexity index is 577. The van der Waals surface area contributed by atoms with Gasteiger partial charge in [0.05, 0.1) is 0 Å². The molecule has 0 fully saturated rings. The third-order valence-corrected chi connectivity index (χ3v) is 3.18. The van der Waals surface area contributed by atoms with E-state index < -0.39 is 0 Å². The van der Waals surface area contributed by atoms with Gasteiger partial charge in [-0.05, 0) is 40.9 Å². The summed E-state index contributed by atoms with van der Waals surface area (Å²) in [6.07, 6.45) is 1.72. The molecule has 2 aromatic rings. The molecule has 0 bridgehead atoms. The van der Waals surface area contributed by atoms with E-state index in [0.29, 0.717) is 10.4 Å². The number of hydrogen-bond acceptors (Lipinski definition) is 5. The van der Waals surface area contributed by atoms with Gasteiger partial charge in [0.15, 0.2) is 10.4 Å². The Balaban J connectivity index is 1.97.